The molecular formula is C18H30IN3O3. The molecule has 0 amide bonds. The minimum atomic E-state index is 0. The van der Waals surface area contributed by atoms with E-state index in [9.17, 15) is 0 Å². The zero-order valence-electron chi connectivity index (χ0n) is 15.1. The molecule has 0 aliphatic carbocycles. The van der Waals surface area contributed by atoms with Crippen molar-refractivity contribution < 1.29 is 14.2 Å². The SMILES string of the molecule is COCC(C)NC(N)=NCc1ccc(COC2CCOCC2)cc1.I. The summed E-state index contributed by atoms with van der Waals surface area (Å²) in [5.74, 6) is 0.437. The topological polar surface area (TPSA) is 78.1 Å². The maximum atomic E-state index is 5.92. The van der Waals surface area contributed by atoms with Crippen LogP contribution in [0, 0.1) is 0 Å². The summed E-state index contributed by atoms with van der Waals surface area (Å²) in [5.41, 5.74) is 8.16. The van der Waals surface area contributed by atoms with Crippen LogP contribution in [0.25, 0.3) is 0 Å². The molecule has 0 saturated carbocycles. The van der Waals surface area contributed by atoms with Crippen molar-refractivity contribution in [1.82, 2.24) is 5.32 Å². The third kappa shape index (κ3) is 8.84. The van der Waals surface area contributed by atoms with Gasteiger partial charge < -0.3 is 25.3 Å². The van der Waals surface area contributed by atoms with E-state index in [1.807, 2.05) is 6.92 Å². The van der Waals surface area contributed by atoms with Crippen molar-refractivity contribution in [1.29, 1.82) is 0 Å². The second-order valence-corrected chi connectivity index (χ2v) is 6.14. The van der Waals surface area contributed by atoms with Gasteiger partial charge in [-0.3, -0.25) is 0 Å². The van der Waals surface area contributed by atoms with Gasteiger partial charge in [0.1, 0.15) is 0 Å². The van der Waals surface area contributed by atoms with E-state index in [2.05, 4.69) is 34.6 Å². The molecule has 0 aromatic heterocycles. The van der Waals surface area contributed by atoms with Crippen LogP contribution in [-0.2, 0) is 27.4 Å². The van der Waals surface area contributed by atoms with E-state index in [1.165, 1.54) is 5.56 Å². The number of aliphatic imine (C=N–C) groups is 1. The third-order valence-electron chi connectivity index (χ3n) is 3.92. The zero-order valence-corrected chi connectivity index (χ0v) is 17.4. The first-order valence-electron chi connectivity index (χ1n) is 8.50. The highest BCUT2D eigenvalue weighted by molar-refractivity contribution is 14.0. The summed E-state index contributed by atoms with van der Waals surface area (Å²) in [5, 5.41) is 3.09. The summed E-state index contributed by atoms with van der Waals surface area (Å²) in [6.45, 7) is 5.41. The molecule has 1 aliphatic rings. The van der Waals surface area contributed by atoms with Crippen LogP contribution < -0.4 is 11.1 Å². The number of methoxy groups -OCH3 is 1. The van der Waals surface area contributed by atoms with Crippen molar-refractivity contribution in [3.8, 4) is 0 Å². The first-order chi connectivity index (χ1) is 11.7. The second kappa shape index (κ2) is 12.5. The Kier molecular flexibility index (Phi) is 11.0. The van der Waals surface area contributed by atoms with Crippen molar-refractivity contribution in [3.63, 3.8) is 0 Å². The number of nitrogens with zero attached hydrogens (tertiary/aromatic N) is 1. The lowest BCUT2D eigenvalue weighted by Gasteiger charge is -2.22. The highest BCUT2D eigenvalue weighted by Gasteiger charge is 2.13. The monoisotopic (exact) mass is 463 g/mol. The van der Waals surface area contributed by atoms with E-state index in [1.54, 1.807) is 7.11 Å². The second-order valence-electron chi connectivity index (χ2n) is 6.14. The Balaban J connectivity index is 0.00000312. The van der Waals surface area contributed by atoms with Crippen LogP contribution in [0.3, 0.4) is 0 Å². The van der Waals surface area contributed by atoms with Crippen LogP contribution >= 0.6 is 24.0 Å². The van der Waals surface area contributed by atoms with Gasteiger partial charge in [0.05, 0.1) is 25.9 Å². The normalized spacial score (nSPS) is 17.0. The summed E-state index contributed by atoms with van der Waals surface area (Å²) in [4.78, 5) is 4.35. The van der Waals surface area contributed by atoms with E-state index in [0.29, 0.717) is 31.8 Å². The van der Waals surface area contributed by atoms with E-state index in [4.69, 9.17) is 19.9 Å². The van der Waals surface area contributed by atoms with Crippen molar-refractivity contribution in [2.24, 2.45) is 10.7 Å². The smallest absolute Gasteiger partial charge is 0.189 e. The molecule has 6 nitrogen and oxygen atoms in total. The van der Waals surface area contributed by atoms with Gasteiger partial charge in [-0.15, -0.1) is 24.0 Å². The number of ether oxygens (including phenoxy) is 3. The Morgan fingerprint density at radius 2 is 1.92 bits per heavy atom. The molecule has 1 aliphatic heterocycles. The number of rotatable bonds is 8. The van der Waals surface area contributed by atoms with E-state index < -0.39 is 0 Å². The number of halogens is 1. The first kappa shape index (κ1) is 22.1. The minimum absolute atomic E-state index is 0. The number of hydrogen-bond acceptors (Lipinski definition) is 4. The molecule has 142 valence electrons. The third-order valence-corrected chi connectivity index (χ3v) is 3.92. The van der Waals surface area contributed by atoms with Gasteiger partial charge in [0, 0.05) is 26.4 Å². The molecule has 3 N–H and O–H groups in total. The van der Waals surface area contributed by atoms with E-state index in [0.717, 1.165) is 31.6 Å². The molecule has 7 heteroatoms. The molecule has 1 aromatic carbocycles. The summed E-state index contributed by atoms with van der Waals surface area (Å²) >= 11 is 0. The Morgan fingerprint density at radius 1 is 1.28 bits per heavy atom. The maximum Gasteiger partial charge on any atom is 0.189 e. The Labute approximate surface area is 167 Å². The molecule has 1 heterocycles. The lowest BCUT2D eigenvalue weighted by Crippen LogP contribution is -2.40. The molecule has 2 rings (SSSR count). The lowest BCUT2D eigenvalue weighted by molar-refractivity contribution is -0.0390. The number of benzene rings is 1. The molecular weight excluding hydrogens is 433 g/mol. The summed E-state index contributed by atoms with van der Waals surface area (Å²) in [6, 6.07) is 8.45. The molecule has 1 fully saturated rings. The fourth-order valence-electron chi connectivity index (χ4n) is 2.56. The highest BCUT2D eigenvalue weighted by atomic mass is 127. The van der Waals surface area contributed by atoms with Crippen LogP contribution in [0.15, 0.2) is 29.3 Å². The average molecular weight is 463 g/mol. The van der Waals surface area contributed by atoms with Crippen LogP contribution in [0.5, 0.6) is 0 Å². The molecule has 1 aromatic rings. The van der Waals surface area contributed by atoms with Gasteiger partial charge in [0.2, 0.25) is 0 Å². The van der Waals surface area contributed by atoms with Crippen molar-refractivity contribution in [2.45, 2.75) is 45.1 Å². The fourth-order valence-corrected chi connectivity index (χ4v) is 2.56. The molecule has 0 bridgehead atoms. The molecule has 1 atom stereocenters. The lowest BCUT2D eigenvalue weighted by atomic mass is 10.1. The minimum Gasteiger partial charge on any atom is -0.383 e. The fraction of sp³-hybridized carbons (Fsp3) is 0.611. The average Bonchev–Trinajstić information content (AvgIpc) is 2.60. The molecule has 0 spiro atoms. The van der Waals surface area contributed by atoms with Crippen molar-refractivity contribution in [3.05, 3.63) is 35.4 Å². The largest absolute Gasteiger partial charge is 0.383 e. The van der Waals surface area contributed by atoms with Gasteiger partial charge in [0.25, 0.3) is 0 Å². The van der Waals surface area contributed by atoms with Crippen LogP contribution in [0.1, 0.15) is 30.9 Å². The Hall–Kier alpha value is -0.900. The van der Waals surface area contributed by atoms with Gasteiger partial charge in [-0.2, -0.15) is 0 Å². The van der Waals surface area contributed by atoms with Gasteiger partial charge in [0.15, 0.2) is 5.96 Å². The molecule has 25 heavy (non-hydrogen) atoms. The van der Waals surface area contributed by atoms with Gasteiger partial charge in [-0.25, -0.2) is 4.99 Å². The molecule has 1 saturated heterocycles. The Bertz CT molecular complexity index is 505. The summed E-state index contributed by atoms with van der Waals surface area (Å²) in [7, 11) is 1.67. The Morgan fingerprint density at radius 3 is 2.56 bits per heavy atom. The maximum absolute atomic E-state index is 5.92. The predicted molar refractivity (Wildman–Crippen MR) is 110 cm³/mol. The van der Waals surface area contributed by atoms with Gasteiger partial charge in [-0.05, 0) is 30.9 Å². The molecule has 0 radical (unpaired) electrons. The number of hydrogen-bond donors (Lipinski definition) is 2. The van der Waals surface area contributed by atoms with Crippen molar-refractivity contribution in [2.75, 3.05) is 26.9 Å². The predicted octanol–water partition coefficient (Wildman–Crippen LogP) is 2.44. The van der Waals surface area contributed by atoms with Gasteiger partial charge in [-0.1, -0.05) is 24.3 Å². The standard InChI is InChI=1S/C18H29N3O3.HI/c1-14(12-22-2)21-18(19)20-11-15-3-5-16(6-4-15)13-24-17-7-9-23-10-8-17;/h3-6,14,17H,7-13H2,1-2H3,(H3,19,20,21);1H. The highest BCUT2D eigenvalue weighted by Crippen LogP contribution is 2.14. The first-order valence-corrected chi connectivity index (χ1v) is 8.50. The molecule has 1 unspecified atom stereocenters. The summed E-state index contributed by atoms with van der Waals surface area (Å²) < 4.78 is 16.3. The van der Waals surface area contributed by atoms with Crippen LogP contribution in [-0.4, -0.2) is 45.0 Å². The van der Waals surface area contributed by atoms with E-state index >= 15 is 0 Å². The number of nitrogens with two attached hydrogens (primary N) is 1. The van der Waals surface area contributed by atoms with Crippen LogP contribution in [0.4, 0.5) is 0 Å². The zero-order chi connectivity index (χ0) is 17.2. The number of nitrogens with one attached hydrogen (secondary N) is 1. The quantitative estimate of drug-likeness (QED) is 0.352. The van der Waals surface area contributed by atoms with Crippen molar-refractivity contribution >= 4 is 29.9 Å². The van der Waals surface area contributed by atoms with Crippen LogP contribution in [0.2, 0.25) is 0 Å². The number of guanidine groups is 1. The van der Waals surface area contributed by atoms with E-state index in [-0.39, 0.29) is 30.0 Å². The van der Waals surface area contributed by atoms with Gasteiger partial charge >= 0.3 is 0 Å². The summed E-state index contributed by atoms with van der Waals surface area (Å²) in [6.07, 6.45) is 2.30.